The maximum atomic E-state index is 4.14. The fourth-order valence-electron chi connectivity index (χ4n) is 1.67. The van der Waals surface area contributed by atoms with E-state index < -0.39 is 0 Å². The van der Waals surface area contributed by atoms with Gasteiger partial charge >= 0.3 is 0 Å². The van der Waals surface area contributed by atoms with Crippen molar-refractivity contribution in [3.05, 3.63) is 29.6 Å². The van der Waals surface area contributed by atoms with Gasteiger partial charge in [-0.25, -0.2) is 0 Å². The van der Waals surface area contributed by atoms with E-state index in [0.29, 0.717) is 0 Å². The Balaban J connectivity index is 2.34. The Morgan fingerprint density at radius 3 is 2.67 bits per heavy atom. The Kier molecular flexibility index (Phi) is 5.33. The first-order valence-electron chi connectivity index (χ1n) is 5.88. The van der Waals surface area contributed by atoms with Gasteiger partial charge in [0.05, 0.1) is 0 Å². The maximum Gasteiger partial charge on any atom is 0.0315 e. The van der Waals surface area contributed by atoms with E-state index in [4.69, 9.17) is 0 Å². The molecule has 0 atom stereocenters. The number of nitrogens with one attached hydrogen (secondary N) is 1. The predicted molar refractivity (Wildman–Crippen MR) is 64.8 cm³/mol. The maximum absolute atomic E-state index is 4.14. The molecule has 2 nitrogen and oxygen atoms in total. The summed E-state index contributed by atoms with van der Waals surface area (Å²) in [6.45, 7) is 8.70. The molecule has 0 fully saturated rings. The molecule has 1 N–H and O–H groups in total. The molecule has 1 aromatic heterocycles. The van der Waals surface area contributed by atoms with Crippen molar-refractivity contribution in [2.24, 2.45) is 5.92 Å². The van der Waals surface area contributed by atoms with Crippen LogP contribution in [0.4, 0.5) is 0 Å². The zero-order chi connectivity index (χ0) is 11.1. The molecule has 84 valence electrons. The van der Waals surface area contributed by atoms with Crippen LogP contribution < -0.4 is 5.32 Å². The third kappa shape index (κ3) is 4.00. The van der Waals surface area contributed by atoms with Crippen molar-refractivity contribution < 1.29 is 0 Å². The zero-order valence-corrected chi connectivity index (χ0v) is 10.1. The average Bonchev–Trinajstić information content (AvgIpc) is 2.27. The molecule has 1 aromatic rings. The number of pyridine rings is 1. The van der Waals surface area contributed by atoms with Crippen LogP contribution in [0.5, 0.6) is 0 Å². The van der Waals surface area contributed by atoms with Gasteiger partial charge in [-0.2, -0.15) is 0 Å². The van der Waals surface area contributed by atoms with Crippen LogP contribution in [0.15, 0.2) is 18.5 Å². The molecule has 2 heteroatoms. The first kappa shape index (κ1) is 12.2. The van der Waals surface area contributed by atoms with Crippen molar-refractivity contribution in [1.82, 2.24) is 10.3 Å². The van der Waals surface area contributed by atoms with Crippen molar-refractivity contribution in [3.63, 3.8) is 0 Å². The number of nitrogens with zero attached hydrogens (tertiary/aromatic N) is 1. The molecular weight excluding hydrogens is 184 g/mol. The van der Waals surface area contributed by atoms with E-state index >= 15 is 0 Å². The second kappa shape index (κ2) is 6.57. The second-order valence-electron chi connectivity index (χ2n) is 4.12. The molecule has 0 saturated heterocycles. The fraction of sp³-hybridized carbons (Fsp3) is 0.615. The van der Waals surface area contributed by atoms with Crippen LogP contribution in [0.25, 0.3) is 0 Å². The molecule has 15 heavy (non-hydrogen) atoms. The Morgan fingerprint density at radius 1 is 1.33 bits per heavy atom. The highest BCUT2D eigenvalue weighted by atomic mass is 14.9. The molecular formula is C13H22N2. The third-order valence-corrected chi connectivity index (χ3v) is 3.05. The third-order valence-electron chi connectivity index (χ3n) is 3.05. The van der Waals surface area contributed by atoms with E-state index in [1.165, 1.54) is 24.0 Å². The molecule has 0 radical (unpaired) electrons. The lowest BCUT2D eigenvalue weighted by Gasteiger charge is -2.13. The summed E-state index contributed by atoms with van der Waals surface area (Å²) in [5.74, 6) is 0.807. The number of hydrogen-bond acceptors (Lipinski definition) is 2. The van der Waals surface area contributed by atoms with Crippen molar-refractivity contribution in [2.75, 3.05) is 6.54 Å². The largest absolute Gasteiger partial charge is 0.312 e. The minimum atomic E-state index is 0.807. The molecule has 1 rings (SSSR count). The van der Waals surface area contributed by atoms with Crippen molar-refractivity contribution >= 4 is 0 Å². The Bertz CT molecular complexity index is 280. The molecule has 0 bridgehead atoms. The summed E-state index contributed by atoms with van der Waals surface area (Å²) in [6, 6.07) is 2.06. The quantitative estimate of drug-likeness (QED) is 0.774. The van der Waals surface area contributed by atoms with E-state index in [1.807, 2.05) is 12.4 Å². The lowest BCUT2D eigenvalue weighted by atomic mass is 10.0. The van der Waals surface area contributed by atoms with Gasteiger partial charge in [-0.05, 0) is 36.6 Å². The van der Waals surface area contributed by atoms with E-state index in [9.17, 15) is 0 Å². The minimum Gasteiger partial charge on any atom is -0.312 e. The topological polar surface area (TPSA) is 24.9 Å². The van der Waals surface area contributed by atoms with E-state index in [1.54, 1.807) is 0 Å². The number of aryl methyl sites for hydroxylation is 1. The van der Waals surface area contributed by atoms with Gasteiger partial charge < -0.3 is 5.32 Å². The van der Waals surface area contributed by atoms with E-state index in [2.05, 4.69) is 37.1 Å². The first-order chi connectivity index (χ1) is 7.27. The molecule has 1 heterocycles. The van der Waals surface area contributed by atoms with Gasteiger partial charge in [0.15, 0.2) is 0 Å². The molecule has 0 aliphatic heterocycles. The molecule has 0 aliphatic carbocycles. The second-order valence-corrected chi connectivity index (χ2v) is 4.12. The molecule has 0 aromatic carbocycles. The molecule has 0 saturated carbocycles. The summed E-state index contributed by atoms with van der Waals surface area (Å²) in [4.78, 5) is 4.14. The number of hydrogen-bond donors (Lipinski definition) is 1. The van der Waals surface area contributed by atoms with Gasteiger partial charge in [-0.15, -0.1) is 0 Å². The van der Waals surface area contributed by atoms with Crippen molar-refractivity contribution in [1.29, 1.82) is 0 Å². The van der Waals surface area contributed by atoms with Gasteiger partial charge in [0, 0.05) is 18.9 Å². The summed E-state index contributed by atoms with van der Waals surface area (Å²) >= 11 is 0. The van der Waals surface area contributed by atoms with Crippen LogP contribution >= 0.6 is 0 Å². The Labute approximate surface area is 93.1 Å². The Hall–Kier alpha value is -0.890. The lowest BCUT2D eigenvalue weighted by Crippen LogP contribution is -2.22. The van der Waals surface area contributed by atoms with Gasteiger partial charge in [-0.1, -0.05) is 26.7 Å². The lowest BCUT2D eigenvalue weighted by molar-refractivity contribution is 0.449. The van der Waals surface area contributed by atoms with E-state index in [0.717, 1.165) is 19.0 Å². The van der Waals surface area contributed by atoms with Crippen LogP contribution in [-0.4, -0.2) is 11.5 Å². The summed E-state index contributed by atoms with van der Waals surface area (Å²) in [7, 11) is 0. The molecule has 0 spiro atoms. The van der Waals surface area contributed by atoms with Gasteiger partial charge in [-0.3, -0.25) is 4.98 Å². The zero-order valence-electron chi connectivity index (χ0n) is 10.1. The van der Waals surface area contributed by atoms with Crippen LogP contribution in [-0.2, 0) is 6.54 Å². The molecule has 0 unspecified atom stereocenters. The predicted octanol–water partition coefficient (Wildman–Crippen LogP) is 2.92. The summed E-state index contributed by atoms with van der Waals surface area (Å²) < 4.78 is 0. The van der Waals surface area contributed by atoms with Crippen LogP contribution in [0.2, 0.25) is 0 Å². The van der Waals surface area contributed by atoms with Crippen LogP contribution in [0.3, 0.4) is 0 Å². The van der Waals surface area contributed by atoms with Gasteiger partial charge in [0.2, 0.25) is 0 Å². The van der Waals surface area contributed by atoms with Crippen LogP contribution in [0, 0.1) is 12.8 Å². The van der Waals surface area contributed by atoms with Crippen molar-refractivity contribution in [3.8, 4) is 0 Å². The normalized spacial score (nSPS) is 10.9. The highest BCUT2D eigenvalue weighted by molar-refractivity contribution is 5.20. The number of rotatable bonds is 6. The highest BCUT2D eigenvalue weighted by Gasteiger charge is 2.03. The van der Waals surface area contributed by atoms with Crippen LogP contribution in [0.1, 0.15) is 37.8 Å². The smallest absolute Gasteiger partial charge is 0.0315 e. The molecule has 0 aliphatic rings. The monoisotopic (exact) mass is 206 g/mol. The van der Waals surface area contributed by atoms with E-state index in [-0.39, 0.29) is 0 Å². The standard InChI is InChI=1S/C13H22N2/c1-4-12(5-2)8-15-10-13-9-14-7-6-11(13)3/h6-7,9,12,15H,4-5,8,10H2,1-3H3. The van der Waals surface area contributed by atoms with Gasteiger partial charge in [0.1, 0.15) is 0 Å². The highest BCUT2D eigenvalue weighted by Crippen LogP contribution is 2.07. The summed E-state index contributed by atoms with van der Waals surface area (Å²) in [5, 5.41) is 3.50. The summed E-state index contributed by atoms with van der Waals surface area (Å²) in [6.07, 6.45) is 6.32. The van der Waals surface area contributed by atoms with Gasteiger partial charge in [0.25, 0.3) is 0 Å². The fourth-order valence-corrected chi connectivity index (χ4v) is 1.67. The minimum absolute atomic E-state index is 0.807. The Morgan fingerprint density at radius 2 is 2.07 bits per heavy atom. The first-order valence-corrected chi connectivity index (χ1v) is 5.88. The number of aromatic nitrogens is 1. The van der Waals surface area contributed by atoms with Crippen molar-refractivity contribution in [2.45, 2.75) is 40.2 Å². The SMILES string of the molecule is CCC(CC)CNCc1cnccc1C. The average molecular weight is 206 g/mol. The summed E-state index contributed by atoms with van der Waals surface area (Å²) in [5.41, 5.74) is 2.63. The molecule has 0 amide bonds.